The van der Waals surface area contributed by atoms with Crippen molar-refractivity contribution in [2.45, 2.75) is 44.3 Å². The Kier molecular flexibility index (Phi) is 9.47. The molecule has 1 unspecified atom stereocenters. The van der Waals surface area contributed by atoms with Gasteiger partial charge in [0.15, 0.2) is 5.96 Å². The van der Waals surface area contributed by atoms with E-state index in [9.17, 15) is 0 Å². The lowest BCUT2D eigenvalue weighted by Crippen LogP contribution is -2.50. The molecule has 6 nitrogen and oxygen atoms in total. The fraction of sp³-hybridized carbons (Fsp3) is 0.519. The number of guanidine groups is 1. The monoisotopic (exact) mass is 575 g/mol. The van der Waals surface area contributed by atoms with Crippen molar-refractivity contribution in [2.75, 3.05) is 45.8 Å². The molecule has 0 spiro atoms. The number of furan rings is 1. The minimum atomic E-state index is 0. The second-order valence-corrected chi connectivity index (χ2v) is 9.53. The molecule has 1 aromatic carbocycles. The molecule has 4 heterocycles. The van der Waals surface area contributed by atoms with E-state index in [1.807, 2.05) is 12.1 Å². The molecule has 0 bridgehead atoms. The van der Waals surface area contributed by atoms with E-state index in [1.54, 1.807) is 6.26 Å². The van der Waals surface area contributed by atoms with Crippen LogP contribution in [0.25, 0.3) is 0 Å². The number of likely N-dealkylation sites (tertiary alicyclic amines) is 2. The highest BCUT2D eigenvalue weighted by Crippen LogP contribution is 2.19. The third-order valence-corrected chi connectivity index (χ3v) is 7.20. The molecule has 5 rings (SSSR count). The van der Waals surface area contributed by atoms with E-state index < -0.39 is 0 Å². The van der Waals surface area contributed by atoms with Crippen LogP contribution in [0.3, 0.4) is 0 Å². The zero-order chi connectivity index (χ0) is 22.3. The molecular formula is C27H38IN5O. The standard InChI is InChI=1S/C27H37N5O.HI/c1-2-7-23(8-3-1)21-30-17-11-24(12-18-30)29-27(28-14-10-26-9-6-20-33-26)32-19-13-25(22-32)31-15-4-5-16-31;/h1-9,20,24-25H,10-19,21-22H2,(H,28,29);1H. The second kappa shape index (κ2) is 12.7. The minimum absolute atomic E-state index is 0. The molecule has 3 aliphatic rings. The SMILES string of the molecule is C1=CCN(C2CCN(C(=NCCc3ccco3)NC3CCN(Cc4ccccc4)CC3)C2)C1.I. The maximum absolute atomic E-state index is 5.51. The molecular weight excluding hydrogens is 537 g/mol. The summed E-state index contributed by atoms with van der Waals surface area (Å²) in [6.45, 7) is 8.42. The molecule has 0 aliphatic carbocycles. The fourth-order valence-corrected chi connectivity index (χ4v) is 5.25. The van der Waals surface area contributed by atoms with Gasteiger partial charge in [-0.25, -0.2) is 0 Å². The molecule has 2 saturated heterocycles. The number of rotatable bonds is 7. The van der Waals surface area contributed by atoms with Gasteiger partial charge in [-0.3, -0.25) is 14.8 Å². The van der Waals surface area contributed by atoms with Crippen molar-refractivity contribution >= 4 is 29.9 Å². The number of nitrogens with zero attached hydrogens (tertiary/aromatic N) is 4. The van der Waals surface area contributed by atoms with E-state index in [0.29, 0.717) is 12.1 Å². The predicted molar refractivity (Wildman–Crippen MR) is 149 cm³/mol. The summed E-state index contributed by atoms with van der Waals surface area (Å²) in [5.41, 5.74) is 1.41. The Labute approximate surface area is 221 Å². The Morgan fingerprint density at radius 3 is 2.50 bits per heavy atom. The van der Waals surface area contributed by atoms with Gasteiger partial charge in [-0.15, -0.1) is 24.0 Å². The molecule has 2 aromatic rings. The third-order valence-electron chi connectivity index (χ3n) is 7.20. The van der Waals surface area contributed by atoms with Crippen molar-refractivity contribution in [1.29, 1.82) is 0 Å². The summed E-state index contributed by atoms with van der Waals surface area (Å²) in [4.78, 5) is 12.7. The van der Waals surface area contributed by atoms with Gasteiger partial charge in [0.1, 0.15) is 5.76 Å². The molecule has 0 saturated carbocycles. The molecule has 0 radical (unpaired) electrons. The van der Waals surface area contributed by atoms with E-state index >= 15 is 0 Å². The van der Waals surface area contributed by atoms with Crippen LogP contribution in [0.2, 0.25) is 0 Å². The summed E-state index contributed by atoms with van der Waals surface area (Å²) in [5.74, 6) is 2.10. The van der Waals surface area contributed by atoms with Crippen LogP contribution in [0.1, 0.15) is 30.6 Å². The van der Waals surface area contributed by atoms with Crippen LogP contribution < -0.4 is 5.32 Å². The fourth-order valence-electron chi connectivity index (χ4n) is 5.25. The van der Waals surface area contributed by atoms with Crippen LogP contribution in [0.15, 0.2) is 70.3 Å². The Morgan fingerprint density at radius 2 is 1.76 bits per heavy atom. The van der Waals surface area contributed by atoms with Gasteiger partial charge in [-0.05, 0) is 37.0 Å². The second-order valence-electron chi connectivity index (χ2n) is 9.53. The normalized spacial score (nSPS) is 22.3. The lowest BCUT2D eigenvalue weighted by molar-refractivity contribution is 0.196. The van der Waals surface area contributed by atoms with Gasteiger partial charge in [0.2, 0.25) is 0 Å². The number of nitrogens with one attached hydrogen (secondary N) is 1. The summed E-state index contributed by atoms with van der Waals surface area (Å²) in [6.07, 6.45) is 10.7. The molecule has 2 fully saturated rings. The molecule has 0 amide bonds. The largest absolute Gasteiger partial charge is 0.469 e. The van der Waals surface area contributed by atoms with Crippen LogP contribution in [0, 0.1) is 0 Å². The Morgan fingerprint density at radius 1 is 0.971 bits per heavy atom. The molecule has 7 heteroatoms. The van der Waals surface area contributed by atoms with E-state index in [-0.39, 0.29) is 24.0 Å². The van der Waals surface area contributed by atoms with Crippen molar-refractivity contribution in [3.63, 3.8) is 0 Å². The highest BCUT2D eigenvalue weighted by atomic mass is 127. The van der Waals surface area contributed by atoms with Crippen molar-refractivity contribution < 1.29 is 4.42 Å². The topological polar surface area (TPSA) is 47.2 Å². The van der Waals surface area contributed by atoms with Gasteiger partial charge in [-0.1, -0.05) is 42.5 Å². The van der Waals surface area contributed by atoms with Crippen LogP contribution in [0.5, 0.6) is 0 Å². The Bertz CT molecular complexity index is 900. The number of benzene rings is 1. The number of hydrogen-bond donors (Lipinski definition) is 1. The van der Waals surface area contributed by atoms with Crippen LogP contribution >= 0.6 is 24.0 Å². The average molecular weight is 576 g/mol. The summed E-state index contributed by atoms with van der Waals surface area (Å²) in [5, 5.41) is 3.86. The number of hydrogen-bond acceptors (Lipinski definition) is 4. The molecule has 34 heavy (non-hydrogen) atoms. The lowest BCUT2D eigenvalue weighted by Gasteiger charge is -2.34. The lowest BCUT2D eigenvalue weighted by atomic mass is 10.0. The van der Waals surface area contributed by atoms with E-state index in [4.69, 9.17) is 9.41 Å². The first kappa shape index (κ1) is 25.3. The summed E-state index contributed by atoms with van der Waals surface area (Å²) < 4.78 is 5.51. The van der Waals surface area contributed by atoms with Gasteiger partial charge in [0, 0.05) is 70.9 Å². The van der Waals surface area contributed by atoms with Crippen LogP contribution in [-0.4, -0.2) is 78.6 Å². The van der Waals surface area contributed by atoms with E-state index in [1.165, 1.54) is 12.0 Å². The number of aliphatic imine (C=N–C) groups is 1. The third kappa shape index (κ3) is 6.86. The molecule has 1 aromatic heterocycles. The number of halogens is 1. The van der Waals surface area contributed by atoms with Crippen molar-refractivity contribution in [2.24, 2.45) is 4.99 Å². The summed E-state index contributed by atoms with van der Waals surface area (Å²) >= 11 is 0. The molecule has 1 atom stereocenters. The Hall–Kier alpha value is -1.84. The first-order valence-corrected chi connectivity index (χ1v) is 12.6. The van der Waals surface area contributed by atoms with Gasteiger partial charge in [0.25, 0.3) is 0 Å². The van der Waals surface area contributed by atoms with Gasteiger partial charge >= 0.3 is 0 Å². The first-order chi connectivity index (χ1) is 16.3. The van der Waals surface area contributed by atoms with Crippen molar-refractivity contribution in [3.8, 4) is 0 Å². The summed E-state index contributed by atoms with van der Waals surface area (Å²) in [7, 11) is 0. The maximum Gasteiger partial charge on any atom is 0.194 e. The van der Waals surface area contributed by atoms with Gasteiger partial charge in [-0.2, -0.15) is 0 Å². The average Bonchev–Trinajstić information content (AvgIpc) is 3.63. The zero-order valence-corrected chi connectivity index (χ0v) is 22.3. The Balaban J connectivity index is 0.00000274. The van der Waals surface area contributed by atoms with E-state index in [0.717, 1.165) is 83.3 Å². The minimum Gasteiger partial charge on any atom is -0.469 e. The highest BCUT2D eigenvalue weighted by Gasteiger charge is 2.31. The summed E-state index contributed by atoms with van der Waals surface area (Å²) in [6, 6.07) is 15.9. The van der Waals surface area contributed by atoms with Crippen molar-refractivity contribution in [3.05, 3.63) is 72.2 Å². The zero-order valence-electron chi connectivity index (χ0n) is 20.0. The predicted octanol–water partition coefficient (Wildman–Crippen LogP) is 4.00. The smallest absolute Gasteiger partial charge is 0.194 e. The number of piperidine rings is 1. The molecule has 3 aliphatic heterocycles. The van der Waals surface area contributed by atoms with Crippen molar-refractivity contribution in [1.82, 2.24) is 20.0 Å². The van der Waals surface area contributed by atoms with Gasteiger partial charge in [0.05, 0.1) is 6.26 Å². The quantitative estimate of drug-likeness (QED) is 0.234. The van der Waals surface area contributed by atoms with Crippen LogP contribution in [0.4, 0.5) is 0 Å². The van der Waals surface area contributed by atoms with E-state index in [2.05, 4.69) is 62.5 Å². The molecule has 1 N–H and O–H groups in total. The van der Waals surface area contributed by atoms with Gasteiger partial charge < -0.3 is 14.6 Å². The molecule has 184 valence electrons. The van der Waals surface area contributed by atoms with Crippen LogP contribution in [-0.2, 0) is 13.0 Å². The highest BCUT2D eigenvalue weighted by molar-refractivity contribution is 14.0. The maximum atomic E-state index is 5.51. The first-order valence-electron chi connectivity index (χ1n) is 12.6.